The van der Waals surface area contributed by atoms with Crippen molar-refractivity contribution in [3.63, 3.8) is 0 Å². The van der Waals surface area contributed by atoms with Gasteiger partial charge in [-0.1, -0.05) is 30.3 Å². The van der Waals surface area contributed by atoms with Crippen LogP contribution in [0.25, 0.3) is 0 Å². The monoisotopic (exact) mass is 412 g/mol. The van der Waals surface area contributed by atoms with Gasteiger partial charge in [0, 0.05) is 18.7 Å². The summed E-state index contributed by atoms with van der Waals surface area (Å²) in [6.07, 6.45) is 3.10. The van der Waals surface area contributed by atoms with E-state index in [1.165, 1.54) is 24.8 Å². The van der Waals surface area contributed by atoms with Gasteiger partial charge in [0.15, 0.2) is 0 Å². The lowest BCUT2D eigenvalue weighted by Crippen LogP contribution is -2.34. The van der Waals surface area contributed by atoms with Crippen LogP contribution in [0.15, 0.2) is 48.5 Å². The minimum Gasteiger partial charge on any atom is -0.497 e. The molecule has 1 unspecified atom stereocenters. The molecule has 0 bridgehead atoms. The van der Waals surface area contributed by atoms with Crippen LogP contribution in [-0.4, -0.2) is 68.5 Å². The number of aliphatic hydroxyl groups excluding tert-OH is 1. The van der Waals surface area contributed by atoms with Crippen LogP contribution >= 0.6 is 0 Å². The molecular weight excluding hydrogens is 376 g/mol. The first-order valence-electron chi connectivity index (χ1n) is 10.9. The predicted molar refractivity (Wildman–Crippen MR) is 121 cm³/mol. The summed E-state index contributed by atoms with van der Waals surface area (Å²) in [6, 6.07) is 16.7. The first-order chi connectivity index (χ1) is 14.5. The maximum Gasteiger partial charge on any atom is 0.124 e. The molecule has 0 amide bonds. The molecule has 1 N–H and O–H groups in total. The molecule has 0 aromatic heterocycles. The SMILES string of the molecule is COc1ccc(OCC(O)CN(C)C)c(CN2CCC(Cc3ccccc3)CC2)c1. The molecule has 164 valence electrons. The van der Waals surface area contributed by atoms with E-state index in [-0.39, 0.29) is 6.61 Å². The van der Waals surface area contributed by atoms with E-state index in [2.05, 4.69) is 41.3 Å². The summed E-state index contributed by atoms with van der Waals surface area (Å²) in [4.78, 5) is 4.46. The largest absolute Gasteiger partial charge is 0.497 e. The van der Waals surface area contributed by atoms with Crippen molar-refractivity contribution in [3.8, 4) is 11.5 Å². The van der Waals surface area contributed by atoms with E-state index < -0.39 is 6.10 Å². The standard InChI is InChI=1S/C25H36N2O3/c1-26(2)18-23(28)19-30-25-10-9-24(29-3)16-22(25)17-27-13-11-21(12-14-27)15-20-7-5-4-6-8-20/h4-10,16,21,23,28H,11-15,17-19H2,1-3H3. The Morgan fingerprint density at radius 3 is 2.50 bits per heavy atom. The third kappa shape index (κ3) is 7.01. The van der Waals surface area contributed by atoms with Crippen LogP contribution < -0.4 is 9.47 Å². The van der Waals surface area contributed by atoms with Crippen LogP contribution in [-0.2, 0) is 13.0 Å². The van der Waals surface area contributed by atoms with Crippen molar-refractivity contribution in [2.24, 2.45) is 5.92 Å². The number of benzene rings is 2. The predicted octanol–water partition coefficient (Wildman–Crippen LogP) is 3.45. The van der Waals surface area contributed by atoms with Gasteiger partial charge in [-0.15, -0.1) is 0 Å². The third-order valence-corrected chi connectivity index (χ3v) is 5.74. The number of nitrogens with zero attached hydrogens (tertiary/aromatic N) is 2. The van der Waals surface area contributed by atoms with Crippen molar-refractivity contribution < 1.29 is 14.6 Å². The lowest BCUT2D eigenvalue weighted by atomic mass is 9.90. The van der Waals surface area contributed by atoms with Gasteiger partial charge in [0.2, 0.25) is 0 Å². The number of ether oxygens (including phenoxy) is 2. The van der Waals surface area contributed by atoms with Gasteiger partial charge in [-0.3, -0.25) is 4.90 Å². The first-order valence-corrected chi connectivity index (χ1v) is 10.9. The quantitative estimate of drug-likeness (QED) is 0.648. The second-order valence-corrected chi connectivity index (χ2v) is 8.61. The Bertz CT molecular complexity index is 758. The van der Waals surface area contributed by atoms with Gasteiger partial charge in [0.25, 0.3) is 0 Å². The Morgan fingerprint density at radius 2 is 1.83 bits per heavy atom. The normalized spacial score (nSPS) is 16.6. The molecule has 1 heterocycles. The molecule has 0 radical (unpaired) electrons. The van der Waals surface area contributed by atoms with E-state index in [1.54, 1.807) is 7.11 Å². The summed E-state index contributed by atoms with van der Waals surface area (Å²) in [5.41, 5.74) is 2.56. The summed E-state index contributed by atoms with van der Waals surface area (Å²) >= 11 is 0. The number of likely N-dealkylation sites (N-methyl/N-ethyl adjacent to an activating group) is 1. The van der Waals surface area contributed by atoms with Crippen molar-refractivity contribution in [1.82, 2.24) is 9.80 Å². The number of rotatable bonds is 10. The van der Waals surface area contributed by atoms with Crippen molar-refractivity contribution in [3.05, 3.63) is 59.7 Å². The molecule has 2 aromatic rings. The lowest BCUT2D eigenvalue weighted by molar-refractivity contribution is 0.0819. The number of piperidine rings is 1. The number of hydrogen-bond acceptors (Lipinski definition) is 5. The summed E-state index contributed by atoms with van der Waals surface area (Å²) in [5, 5.41) is 10.1. The zero-order chi connectivity index (χ0) is 21.3. The zero-order valence-corrected chi connectivity index (χ0v) is 18.6. The van der Waals surface area contributed by atoms with Crippen LogP contribution in [0.5, 0.6) is 11.5 Å². The Kier molecular flexibility index (Phi) is 8.55. The van der Waals surface area contributed by atoms with Crippen molar-refractivity contribution in [2.45, 2.75) is 31.9 Å². The number of methoxy groups -OCH3 is 1. The topological polar surface area (TPSA) is 45.2 Å². The van der Waals surface area contributed by atoms with E-state index in [1.807, 2.05) is 31.1 Å². The zero-order valence-electron chi connectivity index (χ0n) is 18.6. The van der Waals surface area contributed by atoms with Gasteiger partial charge in [0.1, 0.15) is 24.2 Å². The Balaban J connectivity index is 1.56. The average Bonchev–Trinajstić information content (AvgIpc) is 2.74. The van der Waals surface area contributed by atoms with E-state index in [0.717, 1.165) is 42.6 Å². The lowest BCUT2D eigenvalue weighted by Gasteiger charge is -2.32. The summed E-state index contributed by atoms with van der Waals surface area (Å²) in [5.74, 6) is 2.43. The Labute approximate surface area is 181 Å². The summed E-state index contributed by atoms with van der Waals surface area (Å²) in [6.45, 7) is 3.90. The molecular formula is C25H36N2O3. The second-order valence-electron chi connectivity index (χ2n) is 8.61. The minimum atomic E-state index is -0.510. The highest BCUT2D eigenvalue weighted by molar-refractivity contribution is 5.40. The third-order valence-electron chi connectivity index (χ3n) is 5.74. The molecule has 1 aliphatic rings. The highest BCUT2D eigenvalue weighted by atomic mass is 16.5. The maximum atomic E-state index is 10.1. The van der Waals surface area contributed by atoms with Gasteiger partial charge in [-0.05, 0) is 76.1 Å². The molecule has 0 aliphatic carbocycles. The van der Waals surface area contributed by atoms with Crippen molar-refractivity contribution in [1.29, 1.82) is 0 Å². The molecule has 3 rings (SSSR count). The highest BCUT2D eigenvalue weighted by Crippen LogP contribution is 2.28. The molecule has 1 aliphatic heterocycles. The molecule has 0 spiro atoms. The van der Waals surface area contributed by atoms with E-state index in [0.29, 0.717) is 6.54 Å². The molecule has 1 saturated heterocycles. The number of likely N-dealkylation sites (tertiary alicyclic amines) is 1. The molecule has 5 nitrogen and oxygen atoms in total. The molecule has 30 heavy (non-hydrogen) atoms. The Morgan fingerprint density at radius 1 is 1.10 bits per heavy atom. The van der Waals surface area contributed by atoms with Gasteiger partial charge in [0.05, 0.1) is 7.11 Å². The fourth-order valence-electron chi connectivity index (χ4n) is 4.14. The molecule has 5 heteroatoms. The van der Waals surface area contributed by atoms with Gasteiger partial charge in [-0.2, -0.15) is 0 Å². The van der Waals surface area contributed by atoms with Crippen LogP contribution in [0.1, 0.15) is 24.0 Å². The van der Waals surface area contributed by atoms with Crippen LogP contribution in [0, 0.1) is 5.92 Å². The highest BCUT2D eigenvalue weighted by Gasteiger charge is 2.21. The van der Waals surface area contributed by atoms with Crippen molar-refractivity contribution in [2.75, 3.05) is 47.4 Å². The fourth-order valence-corrected chi connectivity index (χ4v) is 4.14. The smallest absolute Gasteiger partial charge is 0.124 e. The van der Waals surface area contributed by atoms with Gasteiger partial charge < -0.3 is 19.5 Å². The molecule has 1 atom stereocenters. The number of hydrogen-bond donors (Lipinski definition) is 1. The minimum absolute atomic E-state index is 0.288. The number of aliphatic hydroxyl groups is 1. The van der Waals surface area contributed by atoms with Gasteiger partial charge >= 0.3 is 0 Å². The molecule has 0 saturated carbocycles. The van der Waals surface area contributed by atoms with E-state index in [9.17, 15) is 5.11 Å². The Hall–Kier alpha value is -2.08. The summed E-state index contributed by atoms with van der Waals surface area (Å²) in [7, 11) is 5.59. The van der Waals surface area contributed by atoms with Gasteiger partial charge in [-0.25, -0.2) is 0 Å². The average molecular weight is 413 g/mol. The maximum absolute atomic E-state index is 10.1. The first kappa shape index (κ1) is 22.6. The van der Waals surface area contributed by atoms with E-state index in [4.69, 9.17) is 9.47 Å². The fraction of sp³-hybridized carbons (Fsp3) is 0.520. The van der Waals surface area contributed by atoms with Crippen LogP contribution in [0.4, 0.5) is 0 Å². The molecule has 1 fully saturated rings. The second kappa shape index (κ2) is 11.3. The van der Waals surface area contributed by atoms with Crippen LogP contribution in [0.2, 0.25) is 0 Å². The van der Waals surface area contributed by atoms with Crippen molar-refractivity contribution >= 4 is 0 Å². The van der Waals surface area contributed by atoms with Crippen LogP contribution in [0.3, 0.4) is 0 Å². The van der Waals surface area contributed by atoms with E-state index >= 15 is 0 Å². The molecule has 2 aromatic carbocycles. The summed E-state index contributed by atoms with van der Waals surface area (Å²) < 4.78 is 11.4.